The van der Waals surface area contributed by atoms with Crippen LogP contribution in [0.1, 0.15) is 73.5 Å². The van der Waals surface area contributed by atoms with Crippen molar-refractivity contribution >= 4 is 5.91 Å². The van der Waals surface area contributed by atoms with Crippen LogP contribution in [0.25, 0.3) is 0 Å². The number of nitrogens with zero attached hydrogens (tertiary/aromatic N) is 1. The predicted molar refractivity (Wildman–Crippen MR) is 137 cm³/mol. The van der Waals surface area contributed by atoms with E-state index in [1.165, 1.54) is 0 Å². The third-order valence-electron chi connectivity index (χ3n) is 7.96. The fourth-order valence-corrected chi connectivity index (χ4v) is 6.23. The molecule has 1 aliphatic carbocycles. The zero-order chi connectivity index (χ0) is 27.1. The van der Waals surface area contributed by atoms with Crippen LogP contribution in [0.3, 0.4) is 0 Å². The van der Waals surface area contributed by atoms with E-state index in [1.54, 1.807) is 13.0 Å². The van der Waals surface area contributed by atoms with Gasteiger partial charge < -0.3 is 14.7 Å². The van der Waals surface area contributed by atoms with Crippen LogP contribution in [0.4, 0.5) is 13.2 Å². The average molecular weight is 518 g/mol. The number of halogens is 3. The minimum absolute atomic E-state index is 0.0290. The lowest BCUT2D eigenvalue weighted by molar-refractivity contribution is -0.139. The van der Waals surface area contributed by atoms with Crippen LogP contribution in [0.5, 0.6) is 0 Å². The molecule has 1 aliphatic heterocycles. The Hall–Kier alpha value is -2.38. The molecule has 7 heteroatoms. The summed E-state index contributed by atoms with van der Waals surface area (Å²) in [6.07, 6.45) is -4.06. The highest BCUT2D eigenvalue weighted by Gasteiger charge is 2.48. The number of carbonyl (C=O) groups is 1. The Bertz CT molecular complexity index is 1120. The number of ether oxygens (including phenoxy) is 1. The van der Waals surface area contributed by atoms with Crippen molar-refractivity contribution in [2.75, 3.05) is 19.7 Å². The molecule has 4 nitrogen and oxygen atoms in total. The maximum atomic E-state index is 13.5. The van der Waals surface area contributed by atoms with Gasteiger partial charge in [0.2, 0.25) is 5.91 Å². The summed E-state index contributed by atoms with van der Waals surface area (Å²) in [5.74, 6) is 0.613. The Balaban J connectivity index is 1.67. The molecule has 4 rings (SSSR count). The second-order valence-electron chi connectivity index (χ2n) is 11.8. The molecular formula is C30H38F3NO3. The van der Waals surface area contributed by atoms with Crippen LogP contribution in [0.2, 0.25) is 0 Å². The number of benzene rings is 2. The molecule has 2 fully saturated rings. The summed E-state index contributed by atoms with van der Waals surface area (Å²) in [4.78, 5) is 15.1. The van der Waals surface area contributed by atoms with E-state index >= 15 is 0 Å². The smallest absolute Gasteiger partial charge is 0.393 e. The molecule has 0 radical (unpaired) electrons. The normalized spacial score (nSPS) is 25.2. The van der Waals surface area contributed by atoms with Crippen LogP contribution in [-0.4, -0.2) is 41.7 Å². The molecule has 2 aromatic carbocycles. The highest BCUT2D eigenvalue weighted by atomic mass is 19.4. The Morgan fingerprint density at radius 2 is 1.78 bits per heavy atom. The van der Waals surface area contributed by atoms with Gasteiger partial charge in [0, 0.05) is 24.4 Å². The van der Waals surface area contributed by atoms with Gasteiger partial charge in [-0.25, -0.2) is 0 Å². The summed E-state index contributed by atoms with van der Waals surface area (Å²) < 4.78 is 47.0. The largest absolute Gasteiger partial charge is 0.416 e. The highest BCUT2D eigenvalue weighted by Crippen LogP contribution is 2.49. The lowest BCUT2D eigenvalue weighted by atomic mass is 9.68. The van der Waals surface area contributed by atoms with Crippen molar-refractivity contribution < 1.29 is 27.8 Å². The lowest BCUT2D eigenvalue weighted by Crippen LogP contribution is -2.40. The van der Waals surface area contributed by atoms with E-state index < -0.39 is 29.9 Å². The molecular weight excluding hydrogens is 479 g/mol. The number of hydrogen-bond acceptors (Lipinski definition) is 3. The standard InChI is InChI=1S/C30H38F3NO3/c1-18-12-21(14-22(13-18)30(31,32)33)26(17-35)37-25-11-10-20-15-34(28(36)29(3,4)5)16-24(20)27(25)23-9-7-6-8-19(23)2/h6-9,12-14,20,24-27,35H,10-11,15-17H2,1-5H3/t20-,24-,25+,26+,27+/m1/s1. The zero-order valence-corrected chi connectivity index (χ0v) is 22.3. The molecule has 37 heavy (non-hydrogen) atoms. The topological polar surface area (TPSA) is 49.8 Å². The quantitative estimate of drug-likeness (QED) is 0.497. The summed E-state index contributed by atoms with van der Waals surface area (Å²) in [5, 5.41) is 10.2. The second-order valence-corrected chi connectivity index (χ2v) is 11.8. The van der Waals surface area contributed by atoms with E-state index in [1.807, 2.05) is 37.8 Å². The molecule has 2 aliphatic rings. The fraction of sp³-hybridized carbons (Fsp3) is 0.567. The van der Waals surface area contributed by atoms with Crippen molar-refractivity contribution in [2.45, 2.75) is 71.8 Å². The van der Waals surface area contributed by atoms with E-state index in [9.17, 15) is 23.1 Å². The number of rotatable bonds is 5. The first-order valence-electron chi connectivity index (χ1n) is 13.1. The summed E-state index contributed by atoms with van der Waals surface area (Å²) >= 11 is 0. The zero-order valence-electron chi connectivity index (χ0n) is 22.3. The first kappa shape index (κ1) is 27.6. The van der Waals surface area contributed by atoms with Gasteiger partial charge in [0.15, 0.2) is 0 Å². The number of aryl methyl sites for hydroxylation is 2. The molecule has 0 spiro atoms. The van der Waals surface area contributed by atoms with Crippen LogP contribution in [0, 0.1) is 31.1 Å². The fourth-order valence-electron chi connectivity index (χ4n) is 6.23. The molecule has 1 saturated carbocycles. The van der Waals surface area contributed by atoms with Gasteiger partial charge in [0.25, 0.3) is 0 Å². The number of fused-ring (bicyclic) bond motifs is 1. The van der Waals surface area contributed by atoms with Gasteiger partial charge in [-0.1, -0.05) is 56.7 Å². The monoisotopic (exact) mass is 517 g/mol. The molecule has 0 aromatic heterocycles. The molecule has 202 valence electrons. The van der Waals surface area contributed by atoms with E-state index in [0.29, 0.717) is 36.6 Å². The first-order chi connectivity index (χ1) is 17.3. The maximum Gasteiger partial charge on any atom is 0.416 e. The van der Waals surface area contributed by atoms with E-state index in [0.717, 1.165) is 29.7 Å². The number of carbonyl (C=O) groups excluding carboxylic acids is 1. The lowest BCUT2D eigenvalue weighted by Gasteiger charge is -2.41. The minimum Gasteiger partial charge on any atom is -0.393 e. The summed E-state index contributed by atoms with van der Waals surface area (Å²) in [5.41, 5.74) is 1.86. The SMILES string of the molecule is Cc1cc([C@H](CO)O[C@H]2CC[C@@H]3CN(C(=O)C(C)(C)C)C[C@H]3[C@@H]2c2ccccc2C)cc(C(F)(F)F)c1. The number of amides is 1. The summed E-state index contributed by atoms with van der Waals surface area (Å²) in [7, 11) is 0. The van der Waals surface area contributed by atoms with Crippen molar-refractivity contribution in [3.05, 3.63) is 70.3 Å². The molecule has 1 N–H and O–H groups in total. The molecule has 1 amide bonds. The third-order valence-corrected chi connectivity index (χ3v) is 7.96. The Labute approximate surface area is 217 Å². The molecule has 1 saturated heterocycles. The molecule has 2 aromatic rings. The molecule has 5 atom stereocenters. The van der Waals surface area contributed by atoms with Crippen LogP contribution < -0.4 is 0 Å². The van der Waals surface area contributed by atoms with Crippen molar-refractivity contribution in [1.29, 1.82) is 0 Å². The number of aliphatic hydroxyl groups excluding tert-OH is 1. The molecule has 1 heterocycles. The van der Waals surface area contributed by atoms with Crippen molar-refractivity contribution in [3.63, 3.8) is 0 Å². The third kappa shape index (κ3) is 5.88. The molecule has 0 bridgehead atoms. The van der Waals surface area contributed by atoms with E-state index in [-0.39, 0.29) is 23.8 Å². The molecule has 0 unspecified atom stereocenters. The highest BCUT2D eigenvalue weighted by molar-refractivity contribution is 5.81. The second kappa shape index (κ2) is 10.4. The van der Waals surface area contributed by atoms with Gasteiger partial charge in [-0.15, -0.1) is 0 Å². The minimum atomic E-state index is -4.48. The maximum absolute atomic E-state index is 13.5. The van der Waals surface area contributed by atoms with Gasteiger partial charge in [0.1, 0.15) is 6.10 Å². The van der Waals surface area contributed by atoms with E-state index in [2.05, 4.69) is 19.1 Å². The van der Waals surface area contributed by atoms with Gasteiger partial charge in [-0.3, -0.25) is 4.79 Å². The van der Waals surface area contributed by atoms with Crippen molar-refractivity contribution in [2.24, 2.45) is 17.3 Å². The number of hydrogen-bond donors (Lipinski definition) is 1. The Morgan fingerprint density at radius 1 is 1.08 bits per heavy atom. The summed E-state index contributed by atoms with van der Waals surface area (Å²) in [6, 6.07) is 12.0. The van der Waals surface area contributed by atoms with E-state index in [4.69, 9.17) is 4.74 Å². The van der Waals surface area contributed by atoms with Gasteiger partial charge in [-0.2, -0.15) is 13.2 Å². The van der Waals surface area contributed by atoms with Crippen molar-refractivity contribution in [1.82, 2.24) is 4.90 Å². The van der Waals surface area contributed by atoms with Gasteiger partial charge >= 0.3 is 6.18 Å². The summed E-state index contributed by atoms with van der Waals surface area (Å²) in [6.45, 7) is 10.4. The van der Waals surface area contributed by atoms with Crippen LogP contribution >= 0.6 is 0 Å². The average Bonchev–Trinajstić information content (AvgIpc) is 3.25. The first-order valence-corrected chi connectivity index (χ1v) is 13.1. The van der Waals surface area contributed by atoms with Crippen molar-refractivity contribution in [3.8, 4) is 0 Å². The Kier molecular flexibility index (Phi) is 7.78. The number of aliphatic hydroxyl groups is 1. The van der Waals surface area contributed by atoms with Gasteiger partial charge in [-0.05, 0) is 67.3 Å². The Morgan fingerprint density at radius 3 is 2.41 bits per heavy atom. The predicted octanol–water partition coefficient (Wildman–Crippen LogP) is 6.44. The van der Waals surface area contributed by atoms with Gasteiger partial charge in [0.05, 0.1) is 18.3 Å². The number of likely N-dealkylation sites (tertiary alicyclic amines) is 1. The van der Waals surface area contributed by atoms with Crippen LogP contribution in [-0.2, 0) is 15.7 Å². The number of alkyl halides is 3. The van der Waals surface area contributed by atoms with Crippen LogP contribution in [0.15, 0.2) is 42.5 Å².